The minimum atomic E-state index is -0.122. The molecule has 2 aromatic rings. The zero-order valence-electron chi connectivity index (χ0n) is 13.4. The average molecular weight is 437 g/mol. The highest BCUT2D eigenvalue weighted by Crippen LogP contribution is 2.32. The van der Waals surface area contributed by atoms with Gasteiger partial charge in [0.1, 0.15) is 0 Å². The monoisotopic (exact) mass is 437 g/mol. The third-order valence-electron chi connectivity index (χ3n) is 4.43. The molecule has 1 aromatic heterocycles. The number of hydrogen-bond acceptors (Lipinski definition) is 3. The van der Waals surface area contributed by atoms with E-state index >= 15 is 0 Å². The minimum Gasteiger partial charge on any atom is -0.350 e. The molecule has 1 fully saturated rings. The van der Waals surface area contributed by atoms with Crippen LogP contribution in [0.2, 0.25) is 0 Å². The van der Waals surface area contributed by atoms with Crippen molar-refractivity contribution in [1.82, 2.24) is 14.9 Å². The van der Waals surface area contributed by atoms with Crippen molar-refractivity contribution < 1.29 is 4.79 Å². The molecule has 24 heavy (non-hydrogen) atoms. The second-order valence-electron chi connectivity index (χ2n) is 6.06. The van der Waals surface area contributed by atoms with Crippen LogP contribution in [0.1, 0.15) is 47.7 Å². The van der Waals surface area contributed by atoms with Crippen LogP contribution in [0.3, 0.4) is 0 Å². The fraction of sp³-hybridized carbons (Fsp3) is 0.389. The largest absolute Gasteiger partial charge is 0.350 e. The molecular weight excluding hydrogens is 417 g/mol. The Hall–Kier alpha value is -1.70. The lowest BCUT2D eigenvalue weighted by Gasteiger charge is -2.11. The number of nitrogens with zero attached hydrogens (tertiary/aromatic N) is 2. The fourth-order valence-corrected chi connectivity index (χ4v) is 3.72. The second-order valence-corrected chi connectivity index (χ2v) is 7.22. The lowest BCUT2D eigenvalue weighted by Crippen LogP contribution is -2.31. The fourth-order valence-electron chi connectivity index (χ4n) is 3.08. The zero-order valence-corrected chi connectivity index (χ0v) is 15.5. The van der Waals surface area contributed by atoms with E-state index in [-0.39, 0.29) is 11.5 Å². The Morgan fingerprint density at radius 3 is 2.75 bits per heavy atom. The van der Waals surface area contributed by atoms with E-state index in [9.17, 15) is 9.59 Å². The predicted octanol–water partition coefficient (Wildman–Crippen LogP) is 2.94. The van der Waals surface area contributed by atoms with Gasteiger partial charge in [0.2, 0.25) is 0 Å². The molecule has 1 aromatic carbocycles. The van der Waals surface area contributed by atoms with E-state index < -0.39 is 0 Å². The van der Waals surface area contributed by atoms with Gasteiger partial charge in [-0.3, -0.25) is 14.2 Å². The molecule has 5 nitrogen and oxygen atoms in total. The van der Waals surface area contributed by atoms with Crippen molar-refractivity contribution in [3.63, 3.8) is 0 Å². The first-order valence-electron chi connectivity index (χ1n) is 8.24. The Morgan fingerprint density at radius 2 is 2.04 bits per heavy atom. The van der Waals surface area contributed by atoms with Crippen molar-refractivity contribution in [2.24, 2.45) is 0 Å². The summed E-state index contributed by atoms with van der Waals surface area (Å²) in [5.41, 5.74) is 1.52. The molecule has 0 atom stereocenters. The van der Waals surface area contributed by atoms with Crippen LogP contribution < -0.4 is 10.9 Å². The first-order chi connectivity index (χ1) is 11.6. The number of hydrogen-bond donors (Lipinski definition) is 1. The summed E-state index contributed by atoms with van der Waals surface area (Å²) in [6.45, 7) is 0.820. The Bertz CT molecular complexity index is 782. The van der Waals surface area contributed by atoms with Crippen molar-refractivity contribution in [3.8, 4) is 0 Å². The molecule has 0 unspecified atom stereocenters. The number of nitrogens with one attached hydrogen (secondary N) is 1. The van der Waals surface area contributed by atoms with Crippen LogP contribution in [0.4, 0.5) is 0 Å². The molecule has 0 spiro atoms. The van der Waals surface area contributed by atoms with Gasteiger partial charge in [-0.05, 0) is 47.6 Å². The SMILES string of the molecule is O=C(NCCn1cnc(C2CCCC2)cc1=O)c1ccccc1I. The molecule has 0 saturated heterocycles. The maximum Gasteiger partial charge on any atom is 0.253 e. The van der Waals surface area contributed by atoms with E-state index in [1.54, 1.807) is 23.0 Å². The first kappa shape index (κ1) is 17.1. The zero-order chi connectivity index (χ0) is 16.9. The molecule has 3 rings (SSSR count). The van der Waals surface area contributed by atoms with Crippen molar-refractivity contribution >= 4 is 28.5 Å². The van der Waals surface area contributed by atoms with Crippen LogP contribution in [0, 0.1) is 3.57 Å². The lowest BCUT2D eigenvalue weighted by atomic mass is 10.0. The Balaban J connectivity index is 1.58. The predicted molar refractivity (Wildman–Crippen MR) is 101 cm³/mol. The molecule has 1 aliphatic rings. The summed E-state index contributed by atoms with van der Waals surface area (Å²) in [6.07, 6.45) is 6.30. The van der Waals surface area contributed by atoms with Gasteiger partial charge in [0, 0.05) is 28.6 Å². The Labute approximate surface area is 154 Å². The summed E-state index contributed by atoms with van der Waals surface area (Å²) in [4.78, 5) is 28.8. The van der Waals surface area contributed by atoms with E-state index in [2.05, 4.69) is 32.9 Å². The van der Waals surface area contributed by atoms with E-state index in [0.717, 1.165) is 22.1 Å². The van der Waals surface area contributed by atoms with Crippen LogP contribution in [-0.4, -0.2) is 22.0 Å². The third-order valence-corrected chi connectivity index (χ3v) is 5.37. The number of carbonyl (C=O) groups is 1. The molecule has 6 heteroatoms. The Morgan fingerprint density at radius 1 is 1.29 bits per heavy atom. The standard InChI is InChI=1S/C18H20IN3O2/c19-15-8-4-3-7-14(15)18(24)20-9-10-22-12-21-16(11-17(22)23)13-5-1-2-6-13/h3-4,7-8,11-13H,1-2,5-6,9-10H2,(H,20,24). The van der Waals surface area contributed by atoms with Gasteiger partial charge in [0.15, 0.2) is 0 Å². The summed E-state index contributed by atoms with van der Waals surface area (Å²) in [5, 5.41) is 2.85. The number of aromatic nitrogens is 2. The smallest absolute Gasteiger partial charge is 0.253 e. The van der Waals surface area contributed by atoms with Crippen LogP contribution in [0.5, 0.6) is 0 Å². The van der Waals surface area contributed by atoms with Crippen molar-refractivity contribution in [2.45, 2.75) is 38.1 Å². The summed E-state index contributed by atoms with van der Waals surface area (Å²) in [7, 11) is 0. The average Bonchev–Trinajstić information content (AvgIpc) is 3.11. The molecule has 0 aliphatic heterocycles. The van der Waals surface area contributed by atoms with Crippen LogP contribution >= 0.6 is 22.6 Å². The van der Waals surface area contributed by atoms with Gasteiger partial charge in [-0.2, -0.15) is 0 Å². The molecule has 126 valence electrons. The van der Waals surface area contributed by atoms with E-state index in [1.807, 2.05) is 18.2 Å². The van der Waals surface area contributed by atoms with Gasteiger partial charge < -0.3 is 5.32 Å². The normalized spacial score (nSPS) is 14.7. The third kappa shape index (κ3) is 4.03. The molecule has 1 aliphatic carbocycles. The van der Waals surface area contributed by atoms with Gasteiger partial charge >= 0.3 is 0 Å². The molecule has 1 heterocycles. The van der Waals surface area contributed by atoms with Crippen molar-refractivity contribution in [1.29, 1.82) is 0 Å². The second kappa shape index (κ2) is 7.92. The van der Waals surface area contributed by atoms with Crippen LogP contribution in [0.15, 0.2) is 41.5 Å². The van der Waals surface area contributed by atoms with E-state index in [4.69, 9.17) is 0 Å². The first-order valence-corrected chi connectivity index (χ1v) is 9.32. The van der Waals surface area contributed by atoms with Gasteiger partial charge in [-0.1, -0.05) is 25.0 Å². The maximum absolute atomic E-state index is 12.2. The molecule has 1 amide bonds. The molecule has 1 N–H and O–H groups in total. The summed E-state index contributed by atoms with van der Waals surface area (Å²) >= 11 is 2.14. The van der Waals surface area contributed by atoms with Gasteiger partial charge in [-0.25, -0.2) is 4.98 Å². The molecule has 1 saturated carbocycles. The lowest BCUT2D eigenvalue weighted by molar-refractivity contribution is 0.0951. The summed E-state index contributed by atoms with van der Waals surface area (Å²) < 4.78 is 2.46. The van der Waals surface area contributed by atoms with Crippen LogP contribution in [0.25, 0.3) is 0 Å². The summed E-state index contributed by atoms with van der Waals surface area (Å²) in [5.74, 6) is 0.316. The van der Waals surface area contributed by atoms with E-state index in [1.165, 1.54) is 12.8 Å². The topological polar surface area (TPSA) is 64.0 Å². The number of benzene rings is 1. The minimum absolute atomic E-state index is 0.0459. The highest BCUT2D eigenvalue weighted by Gasteiger charge is 2.18. The van der Waals surface area contributed by atoms with Gasteiger partial charge in [0.05, 0.1) is 17.6 Å². The highest BCUT2D eigenvalue weighted by molar-refractivity contribution is 14.1. The maximum atomic E-state index is 12.2. The number of carbonyl (C=O) groups excluding carboxylic acids is 1. The van der Waals surface area contributed by atoms with Crippen molar-refractivity contribution in [2.75, 3.05) is 6.54 Å². The summed E-state index contributed by atoms with van der Waals surface area (Å²) in [6, 6.07) is 9.08. The number of rotatable bonds is 5. The van der Waals surface area contributed by atoms with Gasteiger partial charge in [0.25, 0.3) is 11.5 Å². The van der Waals surface area contributed by atoms with Gasteiger partial charge in [-0.15, -0.1) is 0 Å². The highest BCUT2D eigenvalue weighted by atomic mass is 127. The van der Waals surface area contributed by atoms with E-state index in [0.29, 0.717) is 24.6 Å². The van der Waals surface area contributed by atoms with Crippen LogP contribution in [-0.2, 0) is 6.54 Å². The number of halogens is 1. The Kier molecular flexibility index (Phi) is 5.65. The number of amides is 1. The molecule has 0 bridgehead atoms. The van der Waals surface area contributed by atoms with Crippen molar-refractivity contribution in [3.05, 3.63) is 61.8 Å². The quantitative estimate of drug-likeness (QED) is 0.732. The molecular formula is C18H20IN3O2. The molecule has 0 radical (unpaired) electrons.